The van der Waals surface area contributed by atoms with Gasteiger partial charge in [0.1, 0.15) is 11.8 Å². The molecule has 0 bridgehead atoms. The summed E-state index contributed by atoms with van der Waals surface area (Å²) in [6.07, 6.45) is 4.36. The molecule has 31 heavy (non-hydrogen) atoms. The summed E-state index contributed by atoms with van der Waals surface area (Å²) in [5.41, 5.74) is 2.16. The Hall–Kier alpha value is -2.47. The highest BCUT2D eigenvalue weighted by Crippen LogP contribution is 2.20. The average molecular weight is 441 g/mol. The van der Waals surface area contributed by atoms with Gasteiger partial charge in [-0.2, -0.15) is 0 Å². The van der Waals surface area contributed by atoms with Crippen molar-refractivity contribution in [3.8, 4) is 5.75 Å². The molecule has 0 saturated heterocycles. The Morgan fingerprint density at radius 3 is 2.39 bits per heavy atom. The van der Waals surface area contributed by atoms with Crippen molar-refractivity contribution in [2.24, 2.45) is 0 Å². The third kappa shape index (κ3) is 7.03. The van der Waals surface area contributed by atoms with E-state index < -0.39 is 6.04 Å². The zero-order valence-electron chi connectivity index (χ0n) is 18.4. The van der Waals surface area contributed by atoms with Crippen molar-refractivity contribution in [1.82, 2.24) is 10.2 Å². The van der Waals surface area contributed by atoms with Gasteiger partial charge in [0.15, 0.2) is 0 Å². The van der Waals surface area contributed by atoms with E-state index in [1.807, 2.05) is 49.4 Å². The van der Waals surface area contributed by atoms with E-state index in [-0.39, 0.29) is 17.9 Å². The minimum absolute atomic E-state index is 0.0224. The summed E-state index contributed by atoms with van der Waals surface area (Å²) in [4.78, 5) is 27.7. The SMILES string of the molecule is COc1ccc(CN(C(=O)CSCc2ccccc2)[C@@H](C)C(=O)NC2CCCC2)cc1. The van der Waals surface area contributed by atoms with Crippen LogP contribution in [0, 0.1) is 0 Å². The molecule has 1 atom stereocenters. The topological polar surface area (TPSA) is 58.6 Å². The molecule has 1 fully saturated rings. The van der Waals surface area contributed by atoms with Crippen molar-refractivity contribution >= 4 is 23.6 Å². The molecule has 2 amide bonds. The number of rotatable bonds is 10. The minimum atomic E-state index is -0.521. The van der Waals surface area contributed by atoms with Crippen molar-refractivity contribution in [3.05, 3.63) is 65.7 Å². The summed E-state index contributed by atoms with van der Waals surface area (Å²) in [6, 6.07) is 17.5. The molecule has 166 valence electrons. The van der Waals surface area contributed by atoms with E-state index in [9.17, 15) is 9.59 Å². The van der Waals surface area contributed by atoms with E-state index in [0.717, 1.165) is 42.7 Å². The van der Waals surface area contributed by atoms with Crippen molar-refractivity contribution in [2.75, 3.05) is 12.9 Å². The van der Waals surface area contributed by atoms with Crippen molar-refractivity contribution in [2.45, 2.75) is 57.0 Å². The van der Waals surface area contributed by atoms with Crippen LogP contribution in [-0.2, 0) is 21.9 Å². The number of nitrogens with one attached hydrogen (secondary N) is 1. The lowest BCUT2D eigenvalue weighted by atomic mass is 10.1. The molecule has 0 heterocycles. The highest BCUT2D eigenvalue weighted by molar-refractivity contribution is 7.99. The Bertz CT molecular complexity index is 836. The first-order valence-corrected chi connectivity index (χ1v) is 12.1. The average Bonchev–Trinajstić information content (AvgIpc) is 3.31. The maximum Gasteiger partial charge on any atom is 0.242 e. The fourth-order valence-corrected chi connectivity index (χ4v) is 4.69. The van der Waals surface area contributed by atoms with Gasteiger partial charge >= 0.3 is 0 Å². The summed E-state index contributed by atoms with van der Waals surface area (Å²) in [5.74, 6) is 1.79. The van der Waals surface area contributed by atoms with E-state index in [4.69, 9.17) is 4.74 Å². The van der Waals surface area contributed by atoms with E-state index in [1.165, 1.54) is 5.56 Å². The molecule has 1 N–H and O–H groups in total. The molecule has 0 aromatic heterocycles. The summed E-state index contributed by atoms with van der Waals surface area (Å²) in [6.45, 7) is 2.22. The third-order valence-corrected chi connectivity index (χ3v) is 6.71. The molecule has 0 spiro atoms. The first-order valence-electron chi connectivity index (χ1n) is 10.9. The lowest BCUT2D eigenvalue weighted by Gasteiger charge is -2.29. The number of carbonyl (C=O) groups excluding carboxylic acids is 2. The number of nitrogens with zero attached hydrogens (tertiary/aromatic N) is 1. The number of methoxy groups -OCH3 is 1. The van der Waals surface area contributed by atoms with E-state index in [2.05, 4.69) is 17.4 Å². The molecule has 1 saturated carbocycles. The van der Waals surface area contributed by atoms with Gasteiger partial charge in [-0.3, -0.25) is 9.59 Å². The van der Waals surface area contributed by atoms with Crippen LogP contribution in [0.1, 0.15) is 43.7 Å². The standard InChI is InChI=1S/C25H32N2O3S/c1-19(25(29)26-22-10-6-7-11-22)27(16-20-12-14-23(30-2)15-13-20)24(28)18-31-17-21-8-4-3-5-9-21/h3-5,8-9,12-15,19,22H,6-7,10-11,16-18H2,1-2H3,(H,26,29)/t19-/m0/s1. The Morgan fingerprint density at radius 2 is 1.74 bits per heavy atom. The van der Waals surface area contributed by atoms with Crippen molar-refractivity contribution in [3.63, 3.8) is 0 Å². The Kier molecular flexibility index (Phi) is 8.83. The van der Waals surface area contributed by atoms with Crippen LogP contribution in [0.15, 0.2) is 54.6 Å². The third-order valence-electron chi connectivity index (χ3n) is 5.72. The molecule has 1 aliphatic carbocycles. The van der Waals surface area contributed by atoms with Gasteiger partial charge in [0, 0.05) is 18.3 Å². The van der Waals surface area contributed by atoms with Crippen LogP contribution >= 0.6 is 11.8 Å². The molecule has 0 aliphatic heterocycles. The Balaban J connectivity index is 1.65. The fraction of sp³-hybridized carbons (Fsp3) is 0.440. The first-order chi connectivity index (χ1) is 15.1. The Labute approximate surface area is 189 Å². The smallest absolute Gasteiger partial charge is 0.242 e. The summed E-state index contributed by atoms with van der Waals surface area (Å²) < 4.78 is 5.23. The van der Waals surface area contributed by atoms with Gasteiger partial charge in [-0.1, -0.05) is 55.3 Å². The fourth-order valence-electron chi connectivity index (χ4n) is 3.82. The van der Waals surface area contributed by atoms with Crippen LogP contribution in [0.5, 0.6) is 5.75 Å². The minimum Gasteiger partial charge on any atom is -0.497 e. The van der Waals surface area contributed by atoms with Crippen LogP contribution < -0.4 is 10.1 Å². The van der Waals surface area contributed by atoms with E-state index in [0.29, 0.717) is 12.3 Å². The first kappa shape index (κ1) is 23.2. The lowest BCUT2D eigenvalue weighted by Crippen LogP contribution is -2.50. The number of benzene rings is 2. The largest absolute Gasteiger partial charge is 0.497 e. The molecule has 2 aromatic carbocycles. The quantitative estimate of drug-likeness (QED) is 0.595. The number of hydrogen-bond donors (Lipinski definition) is 1. The van der Waals surface area contributed by atoms with Gasteiger partial charge in [0.25, 0.3) is 0 Å². The summed E-state index contributed by atoms with van der Waals surface area (Å²) in [5, 5.41) is 3.14. The van der Waals surface area contributed by atoms with Crippen LogP contribution in [0.2, 0.25) is 0 Å². The maximum absolute atomic E-state index is 13.1. The number of carbonyl (C=O) groups is 2. The van der Waals surface area contributed by atoms with Gasteiger partial charge in [-0.15, -0.1) is 11.8 Å². The van der Waals surface area contributed by atoms with Gasteiger partial charge in [0.2, 0.25) is 11.8 Å². The molecule has 3 rings (SSSR count). The molecule has 5 nitrogen and oxygen atoms in total. The van der Waals surface area contributed by atoms with Gasteiger partial charge < -0.3 is 15.0 Å². The molecule has 0 radical (unpaired) electrons. The monoisotopic (exact) mass is 440 g/mol. The summed E-state index contributed by atoms with van der Waals surface area (Å²) in [7, 11) is 1.63. The van der Waals surface area contributed by atoms with Crippen molar-refractivity contribution in [1.29, 1.82) is 0 Å². The van der Waals surface area contributed by atoms with Crippen LogP contribution in [0.3, 0.4) is 0 Å². The van der Waals surface area contributed by atoms with Gasteiger partial charge in [-0.05, 0) is 43.0 Å². The van der Waals surface area contributed by atoms with Crippen LogP contribution in [0.25, 0.3) is 0 Å². The molecule has 6 heteroatoms. The zero-order chi connectivity index (χ0) is 22.1. The van der Waals surface area contributed by atoms with Crippen LogP contribution in [0.4, 0.5) is 0 Å². The van der Waals surface area contributed by atoms with Crippen molar-refractivity contribution < 1.29 is 14.3 Å². The summed E-state index contributed by atoms with van der Waals surface area (Å²) >= 11 is 1.58. The lowest BCUT2D eigenvalue weighted by molar-refractivity contribution is -0.138. The predicted molar refractivity (Wildman–Crippen MR) is 126 cm³/mol. The highest BCUT2D eigenvalue weighted by atomic mass is 32.2. The second-order valence-corrected chi connectivity index (χ2v) is 9.00. The van der Waals surface area contributed by atoms with Gasteiger partial charge in [-0.25, -0.2) is 0 Å². The highest BCUT2D eigenvalue weighted by Gasteiger charge is 2.28. The molecular weight excluding hydrogens is 408 g/mol. The van der Waals surface area contributed by atoms with E-state index >= 15 is 0 Å². The molecular formula is C25H32N2O3S. The Morgan fingerprint density at radius 1 is 1.06 bits per heavy atom. The normalized spacial score (nSPS) is 14.8. The maximum atomic E-state index is 13.1. The number of hydrogen-bond acceptors (Lipinski definition) is 4. The molecule has 1 aliphatic rings. The van der Waals surface area contributed by atoms with E-state index in [1.54, 1.807) is 23.8 Å². The number of amides is 2. The van der Waals surface area contributed by atoms with Gasteiger partial charge in [0.05, 0.1) is 12.9 Å². The molecule has 2 aromatic rings. The zero-order valence-corrected chi connectivity index (χ0v) is 19.2. The molecule has 0 unspecified atom stereocenters. The second kappa shape index (κ2) is 11.8. The van der Waals surface area contributed by atoms with Crippen LogP contribution in [-0.4, -0.2) is 41.7 Å². The second-order valence-electron chi connectivity index (χ2n) is 8.01. The number of ether oxygens (including phenoxy) is 1. The predicted octanol–water partition coefficient (Wildman–Crippen LogP) is 4.40. The number of thioether (sulfide) groups is 1.